The van der Waals surface area contributed by atoms with Crippen LogP contribution >= 0.6 is 35.3 Å². The van der Waals surface area contributed by atoms with Gasteiger partial charge in [0.15, 0.2) is 0 Å². The Kier molecular flexibility index (Phi) is 7.33. The van der Waals surface area contributed by atoms with Gasteiger partial charge >= 0.3 is 0 Å². The monoisotopic (exact) mass is 476 g/mol. The van der Waals surface area contributed by atoms with E-state index in [-0.39, 0.29) is 24.2 Å². The van der Waals surface area contributed by atoms with Crippen LogP contribution in [-0.2, 0) is 22.7 Å². The molecule has 0 atom stereocenters. The summed E-state index contributed by atoms with van der Waals surface area (Å²) in [4.78, 5) is 33.5. The second-order valence-electron chi connectivity index (χ2n) is 7.39. The third-order valence-corrected chi connectivity index (χ3v) is 6.28. The fraction of sp³-hybridized carbons (Fsp3) is 0.227. The number of nitrogens with zero attached hydrogens (tertiary/aromatic N) is 3. The molecule has 0 aliphatic carbocycles. The molecule has 0 spiro atoms. The number of carbonyl (C=O) groups excluding carboxylic acids is 2. The molecule has 0 bridgehead atoms. The second kappa shape index (κ2) is 9.78. The number of nitrogens with one attached hydrogen (secondary N) is 1. The third-order valence-electron chi connectivity index (χ3n) is 4.85. The number of carbonyl (C=O) groups is 2. The molecule has 1 N–H and O–H groups in total. The Morgan fingerprint density at radius 2 is 2.10 bits per heavy atom. The number of aromatic nitrogens is 1. The number of amides is 2. The zero-order valence-corrected chi connectivity index (χ0v) is 19.5. The lowest BCUT2D eigenvalue weighted by Crippen LogP contribution is -2.26. The van der Waals surface area contributed by atoms with Gasteiger partial charge in [-0.05, 0) is 30.6 Å². The number of benzene rings is 1. The standard InChI is InChI=1S/C22H21ClN4O2S.ClH/c1-26-11-16-7-15(10-24-22(16)25-20(28)13-26)18(23)9-21(29)27(2)12-17-8-14-5-3-4-6-19(14)30-17;/h3-10H,11-13H2,1-2H3,(H,24,25,28);1H. The summed E-state index contributed by atoms with van der Waals surface area (Å²) in [5.74, 6) is 0.250. The van der Waals surface area contributed by atoms with Gasteiger partial charge in [0.2, 0.25) is 11.8 Å². The summed E-state index contributed by atoms with van der Waals surface area (Å²) in [6, 6.07) is 12.1. The van der Waals surface area contributed by atoms with Crippen LogP contribution in [0.15, 0.2) is 48.7 Å². The number of pyridine rings is 1. The van der Waals surface area contributed by atoms with E-state index in [4.69, 9.17) is 11.6 Å². The molecular weight excluding hydrogens is 455 g/mol. The summed E-state index contributed by atoms with van der Waals surface area (Å²) in [7, 11) is 3.62. The number of fused-ring (bicyclic) bond motifs is 2. The van der Waals surface area contributed by atoms with E-state index in [1.54, 1.807) is 29.5 Å². The lowest BCUT2D eigenvalue weighted by molar-refractivity contribution is -0.125. The maximum atomic E-state index is 12.7. The van der Waals surface area contributed by atoms with Crippen molar-refractivity contribution in [2.24, 2.45) is 0 Å². The SMILES string of the molecule is CN1CC(=O)Nc2ncc(C(Cl)=CC(=O)N(C)Cc3cc4ccccc4s3)cc2C1.Cl. The average Bonchev–Trinajstić information content (AvgIpc) is 3.04. The summed E-state index contributed by atoms with van der Waals surface area (Å²) in [5.41, 5.74) is 1.50. The van der Waals surface area contributed by atoms with Gasteiger partial charge in [0, 0.05) is 46.6 Å². The zero-order valence-electron chi connectivity index (χ0n) is 17.1. The Balaban J connectivity index is 0.00000272. The molecule has 3 heterocycles. The first-order valence-corrected chi connectivity index (χ1v) is 10.7. The molecule has 0 unspecified atom stereocenters. The van der Waals surface area contributed by atoms with Gasteiger partial charge in [0.25, 0.3) is 0 Å². The Bertz CT molecular complexity index is 1130. The van der Waals surface area contributed by atoms with E-state index in [0.29, 0.717) is 36.0 Å². The normalized spacial score (nSPS) is 14.4. The van der Waals surface area contributed by atoms with Crippen molar-refractivity contribution < 1.29 is 9.59 Å². The number of halogens is 2. The van der Waals surface area contributed by atoms with E-state index in [9.17, 15) is 9.59 Å². The first-order valence-electron chi connectivity index (χ1n) is 9.46. The van der Waals surface area contributed by atoms with Crippen molar-refractivity contribution in [2.45, 2.75) is 13.1 Å². The highest BCUT2D eigenvalue weighted by Gasteiger charge is 2.19. The third kappa shape index (κ3) is 5.43. The van der Waals surface area contributed by atoms with E-state index in [2.05, 4.69) is 28.5 Å². The van der Waals surface area contributed by atoms with Gasteiger partial charge in [0.1, 0.15) is 5.82 Å². The molecule has 2 aromatic heterocycles. The molecular formula is C22H22Cl2N4O2S. The van der Waals surface area contributed by atoms with Gasteiger partial charge in [-0.15, -0.1) is 23.7 Å². The second-order valence-corrected chi connectivity index (χ2v) is 8.96. The fourth-order valence-corrected chi connectivity index (χ4v) is 4.68. The van der Waals surface area contributed by atoms with E-state index < -0.39 is 0 Å². The Morgan fingerprint density at radius 1 is 1.32 bits per heavy atom. The summed E-state index contributed by atoms with van der Waals surface area (Å²) >= 11 is 8.12. The molecule has 9 heteroatoms. The topological polar surface area (TPSA) is 65.5 Å². The highest BCUT2D eigenvalue weighted by atomic mass is 35.5. The molecule has 1 aliphatic heterocycles. The molecule has 0 saturated heterocycles. The van der Waals surface area contributed by atoms with Crippen LogP contribution in [-0.4, -0.2) is 47.2 Å². The maximum Gasteiger partial charge on any atom is 0.248 e. The summed E-state index contributed by atoms with van der Waals surface area (Å²) in [5, 5.41) is 4.28. The maximum absolute atomic E-state index is 12.7. The molecule has 0 fully saturated rings. The summed E-state index contributed by atoms with van der Waals surface area (Å²) < 4.78 is 1.20. The zero-order chi connectivity index (χ0) is 21.3. The van der Waals surface area contributed by atoms with Gasteiger partial charge in [-0.25, -0.2) is 4.98 Å². The van der Waals surface area contributed by atoms with Crippen molar-refractivity contribution in [2.75, 3.05) is 26.0 Å². The first kappa shape index (κ1) is 23.2. The number of hydrogen-bond acceptors (Lipinski definition) is 5. The van der Waals surface area contributed by atoms with Crippen LogP contribution in [0.3, 0.4) is 0 Å². The molecule has 1 aromatic carbocycles. The Labute approximate surface area is 195 Å². The molecule has 0 saturated carbocycles. The lowest BCUT2D eigenvalue weighted by atomic mass is 10.1. The molecule has 6 nitrogen and oxygen atoms in total. The number of likely N-dealkylation sites (N-methyl/N-ethyl adjacent to an activating group) is 2. The molecule has 0 radical (unpaired) electrons. The first-order chi connectivity index (χ1) is 14.4. The minimum Gasteiger partial charge on any atom is -0.337 e. The van der Waals surface area contributed by atoms with Crippen LogP contribution in [0.25, 0.3) is 15.1 Å². The summed E-state index contributed by atoms with van der Waals surface area (Å²) in [6.45, 7) is 1.38. The average molecular weight is 477 g/mol. The van der Waals surface area contributed by atoms with E-state index in [0.717, 1.165) is 10.4 Å². The van der Waals surface area contributed by atoms with Gasteiger partial charge in [-0.2, -0.15) is 0 Å². The lowest BCUT2D eigenvalue weighted by Gasteiger charge is -2.15. The molecule has 1 aliphatic rings. The van der Waals surface area contributed by atoms with Gasteiger partial charge < -0.3 is 10.2 Å². The molecule has 31 heavy (non-hydrogen) atoms. The molecule has 4 rings (SSSR count). The fourth-order valence-electron chi connectivity index (χ4n) is 3.37. The van der Waals surface area contributed by atoms with Crippen molar-refractivity contribution in [1.29, 1.82) is 0 Å². The largest absolute Gasteiger partial charge is 0.337 e. The van der Waals surface area contributed by atoms with Gasteiger partial charge in [-0.1, -0.05) is 29.8 Å². The van der Waals surface area contributed by atoms with Crippen molar-refractivity contribution >= 4 is 68.1 Å². The number of anilines is 1. The van der Waals surface area contributed by atoms with Crippen molar-refractivity contribution in [3.05, 3.63) is 64.7 Å². The Hall–Kier alpha value is -2.45. The van der Waals surface area contributed by atoms with Crippen molar-refractivity contribution in [3.63, 3.8) is 0 Å². The Morgan fingerprint density at radius 3 is 2.87 bits per heavy atom. The highest BCUT2D eigenvalue weighted by molar-refractivity contribution is 7.19. The quantitative estimate of drug-likeness (QED) is 0.568. The van der Waals surface area contributed by atoms with Crippen LogP contribution in [0.1, 0.15) is 16.0 Å². The molecule has 2 amide bonds. The minimum absolute atomic E-state index is 0. The number of thiophene rings is 1. The van der Waals surface area contributed by atoms with Crippen LogP contribution in [0.2, 0.25) is 0 Å². The van der Waals surface area contributed by atoms with E-state index in [1.807, 2.05) is 30.1 Å². The number of rotatable bonds is 4. The number of hydrogen-bond donors (Lipinski definition) is 1. The smallest absolute Gasteiger partial charge is 0.248 e. The predicted molar refractivity (Wildman–Crippen MR) is 129 cm³/mol. The van der Waals surface area contributed by atoms with Crippen LogP contribution in [0, 0.1) is 0 Å². The van der Waals surface area contributed by atoms with Crippen LogP contribution in [0.4, 0.5) is 5.82 Å². The van der Waals surface area contributed by atoms with Crippen molar-refractivity contribution in [3.8, 4) is 0 Å². The van der Waals surface area contributed by atoms with Crippen LogP contribution in [0.5, 0.6) is 0 Å². The summed E-state index contributed by atoms with van der Waals surface area (Å²) in [6.07, 6.45) is 2.99. The van der Waals surface area contributed by atoms with E-state index in [1.165, 1.54) is 16.2 Å². The van der Waals surface area contributed by atoms with Crippen molar-refractivity contribution in [1.82, 2.24) is 14.8 Å². The van der Waals surface area contributed by atoms with Gasteiger partial charge in [0.05, 0.1) is 18.1 Å². The molecule has 3 aromatic rings. The van der Waals surface area contributed by atoms with E-state index >= 15 is 0 Å². The van der Waals surface area contributed by atoms with Crippen LogP contribution < -0.4 is 5.32 Å². The van der Waals surface area contributed by atoms with Gasteiger partial charge in [-0.3, -0.25) is 14.5 Å². The minimum atomic E-state index is -0.183. The predicted octanol–water partition coefficient (Wildman–Crippen LogP) is 4.34. The highest BCUT2D eigenvalue weighted by Crippen LogP contribution is 2.27. The molecule has 162 valence electrons.